The van der Waals surface area contributed by atoms with Crippen molar-refractivity contribution in [2.45, 2.75) is 13.0 Å². The van der Waals surface area contributed by atoms with Gasteiger partial charge < -0.3 is 20.5 Å². The second-order valence-corrected chi connectivity index (χ2v) is 7.80. The lowest BCUT2D eigenvalue weighted by atomic mass is 10.1. The van der Waals surface area contributed by atoms with Crippen LogP contribution in [0.25, 0.3) is 10.9 Å². The van der Waals surface area contributed by atoms with Gasteiger partial charge in [-0.25, -0.2) is 19.7 Å². The van der Waals surface area contributed by atoms with Crippen LogP contribution in [0.15, 0.2) is 61.1 Å². The third-order valence-corrected chi connectivity index (χ3v) is 5.43. The Balaban J connectivity index is 1.54. The van der Waals surface area contributed by atoms with Crippen LogP contribution in [0.4, 0.5) is 11.5 Å². The van der Waals surface area contributed by atoms with Gasteiger partial charge >= 0.3 is 5.97 Å². The number of carboxylic acid groups (broad SMARTS) is 1. The van der Waals surface area contributed by atoms with Crippen molar-refractivity contribution in [2.75, 3.05) is 17.7 Å². The molecule has 2 aromatic heterocycles. The molecule has 2 aromatic carbocycles. The molecule has 0 saturated carbocycles. The zero-order chi connectivity index (χ0) is 24.2. The maximum atomic E-state index is 12.6. The van der Waals surface area contributed by atoms with E-state index in [1.807, 2.05) is 25.1 Å². The third kappa shape index (κ3) is 4.74. The normalized spacial score (nSPS) is 11.6. The van der Waals surface area contributed by atoms with Gasteiger partial charge in [0.15, 0.2) is 0 Å². The molecule has 4 rings (SSSR count). The molecule has 3 N–H and O–H groups in total. The van der Waals surface area contributed by atoms with Crippen LogP contribution in [0.1, 0.15) is 39.2 Å². The Morgan fingerprint density at radius 1 is 1.09 bits per heavy atom. The van der Waals surface area contributed by atoms with E-state index in [4.69, 9.17) is 16.3 Å². The highest BCUT2D eigenvalue weighted by Crippen LogP contribution is 2.27. The van der Waals surface area contributed by atoms with Crippen LogP contribution in [0.2, 0.25) is 5.02 Å². The molecule has 0 aliphatic heterocycles. The molecule has 0 saturated heterocycles. The molecule has 10 heteroatoms. The molecule has 0 unspecified atom stereocenters. The van der Waals surface area contributed by atoms with E-state index in [1.165, 1.54) is 31.8 Å². The number of ether oxygens (including phenoxy) is 1. The molecule has 0 bridgehead atoms. The Morgan fingerprint density at radius 3 is 2.62 bits per heavy atom. The number of pyridine rings is 1. The van der Waals surface area contributed by atoms with Gasteiger partial charge in [0.25, 0.3) is 5.91 Å². The van der Waals surface area contributed by atoms with Gasteiger partial charge in [-0.2, -0.15) is 0 Å². The Hall–Kier alpha value is -4.24. The second-order valence-electron chi connectivity index (χ2n) is 7.39. The number of fused-ring (bicyclic) bond motifs is 1. The van der Waals surface area contributed by atoms with Crippen molar-refractivity contribution in [3.8, 4) is 5.88 Å². The minimum absolute atomic E-state index is 0.105. The van der Waals surface area contributed by atoms with Crippen LogP contribution >= 0.6 is 11.6 Å². The van der Waals surface area contributed by atoms with Gasteiger partial charge in [0.1, 0.15) is 17.2 Å². The number of hydrogen-bond donors (Lipinski definition) is 3. The first kappa shape index (κ1) is 22.9. The van der Waals surface area contributed by atoms with Crippen LogP contribution in [0.5, 0.6) is 5.88 Å². The molecule has 1 atom stereocenters. The summed E-state index contributed by atoms with van der Waals surface area (Å²) in [4.78, 5) is 36.6. The number of carbonyl (C=O) groups excluding carboxylic acids is 1. The number of aromatic carboxylic acids is 1. The zero-order valence-electron chi connectivity index (χ0n) is 18.2. The average molecular weight is 478 g/mol. The molecule has 0 fully saturated rings. The standard InChI is InChI=1S/C24H20ClN5O4/c1-13(29-21-17-7-4-8-18(24(32)33)20(17)27-12-28-21)14-5-3-6-16(9-14)30-22(31)15-10-19(25)23(34-2)26-11-15/h3-13H,1-2H3,(H,30,31)(H,32,33)(H,27,28,29)/t13-/m1/s1. The third-order valence-electron chi connectivity index (χ3n) is 5.16. The highest BCUT2D eigenvalue weighted by molar-refractivity contribution is 6.32. The van der Waals surface area contributed by atoms with Gasteiger partial charge in [0, 0.05) is 17.3 Å². The van der Waals surface area contributed by atoms with E-state index in [9.17, 15) is 14.7 Å². The lowest BCUT2D eigenvalue weighted by molar-refractivity contribution is 0.0698. The quantitative estimate of drug-likeness (QED) is 0.346. The Morgan fingerprint density at radius 2 is 1.88 bits per heavy atom. The largest absolute Gasteiger partial charge is 0.480 e. The van der Waals surface area contributed by atoms with Crippen molar-refractivity contribution < 1.29 is 19.4 Å². The van der Waals surface area contributed by atoms with Crippen molar-refractivity contribution in [3.05, 3.63) is 82.8 Å². The minimum Gasteiger partial charge on any atom is -0.480 e. The average Bonchev–Trinajstić information content (AvgIpc) is 2.83. The molecule has 0 radical (unpaired) electrons. The SMILES string of the molecule is COc1ncc(C(=O)Nc2cccc([C@@H](C)Nc3ncnc4c(C(=O)O)cccc34)c2)cc1Cl. The molecule has 34 heavy (non-hydrogen) atoms. The molecule has 0 aliphatic carbocycles. The maximum absolute atomic E-state index is 12.6. The number of halogens is 1. The highest BCUT2D eigenvalue weighted by atomic mass is 35.5. The number of amides is 1. The fourth-order valence-electron chi connectivity index (χ4n) is 3.45. The van der Waals surface area contributed by atoms with Crippen LogP contribution in [0, 0.1) is 0 Å². The number of rotatable bonds is 7. The Labute approximate surface area is 199 Å². The fourth-order valence-corrected chi connectivity index (χ4v) is 3.70. The highest BCUT2D eigenvalue weighted by Gasteiger charge is 2.15. The van der Waals surface area contributed by atoms with Crippen LogP contribution in [-0.4, -0.2) is 39.0 Å². The number of hydrogen-bond acceptors (Lipinski definition) is 7. The van der Waals surface area contributed by atoms with E-state index in [0.29, 0.717) is 28.0 Å². The van der Waals surface area contributed by atoms with E-state index < -0.39 is 5.97 Å². The molecule has 1 amide bonds. The summed E-state index contributed by atoms with van der Waals surface area (Å²) < 4.78 is 5.01. The molecular formula is C24H20ClN5O4. The number of aromatic nitrogens is 3. The van der Waals surface area contributed by atoms with Crippen molar-refractivity contribution in [3.63, 3.8) is 0 Å². The first-order valence-electron chi connectivity index (χ1n) is 10.2. The number of benzene rings is 2. The van der Waals surface area contributed by atoms with Gasteiger partial charge in [0.2, 0.25) is 5.88 Å². The molecule has 4 aromatic rings. The molecule has 0 spiro atoms. The Kier molecular flexibility index (Phi) is 6.55. The van der Waals surface area contributed by atoms with Gasteiger partial charge in [-0.05, 0) is 42.8 Å². The van der Waals surface area contributed by atoms with E-state index in [0.717, 1.165) is 5.56 Å². The summed E-state index contributed by atoms with van der Waals surface area (Å²) in [7, 11) is 1.45. The summed E-state index contributed by atoms with van der Waals surface area (Å²) in [5.74, 6) is -0.667. The van der Waals surface area contributed by atoms with Crippen molar-refractivity contribution >= 4 is 45.9 Å². The topological polar surface area (TPSA) is 126 Å². The predicted octanol–water partition coefficient (Wildman–Crippen LogP) is 4.81. The first-order chi connectivity index (χ1) is 16.4. The maximum Gasteiger partial charge on any atom is 0.337 e. The van der Waals surface area contributed by atoms with Crippen LogP contribution in [0.3, 0.4) is 0 Å². The summed E-state index contributed by atoms with van der Waals surface area (Å²) in [5, 5.41) is 16.4. The van der Waals surface area contributed by atoms with E-state index in [2.05, 4.69) is 25.6 Å². The van der Waals surface area contributed by atoms with Crippen molar-refractivity contribution in [1.29, 1.82) is 0 Å². The number of carboxylic acids is 1. The van der Waals surface area contributed by atoms with Crippen LogP contribution in [-0.2, 0) is 0 Å². The summed E-state index contributed by atoms with van der Waals surface area (Å²) in [6, 6.07) is 13.5. The first-order valence-corrected chi connectivity index (χ1v) is 10.6. The van der Waals surface area contributed by atoms with Crippen molar-refractivity contribution in [2.24, 2.45) is 0 Å². The van der Waals surface area contributed by atoms with Crippen molar-refractivity contribution in [1.82, 2.24) is 15.0 Å². The summed E-state index contributed by atoms with van der Waals surface area (Å²) in [6.45, 7) is 1.93. The number of methoxy groups -OCH3 is 1. The molecule has 0 aliphatic rings. The molecular weight excluding hydrogens is 458 g/mol. The fraction of sp³-hybridized carbons (Fsp3) is 0.125. The van der Waals surface area contributed by atoms with E-state index in [-0.39, 0.29) is 28.4 Å². The summed E-state index contributed by atoms with van der Waals surface area (Å²) in [5.41, 5.74) is 2.22. The molecule has 2 heterocycles. The zero-order valence-corrected chi connectivity index (χ0v) is 19.0. The smallest absolute Gasteiger partial charge is 0.337 e. The van der Waals surface area contributed by atoms with Gasteiger partial charge in [-0.15, -0.1) is 0 Å². The lowest BCUT2D eigenvalue weighted by Gasteiger charge is -2.17. The van der Waals surface area contributed by atoms with Crippen LogP contribution < -0.4 is 15.4 Å². The second kappa shape index (κ2) is 9.72. The minimum atomic E-state index is -1.06. The lowest BCUT2D eigenvalue weighted by Crippen LogP contribution is -2.14. The number of nitrogens with zero attached hydrogens (tertiary/aromatic N) is 3. The molecule has 9 nitrogen and oxygen atoms in total. The van der Waals surface area contributed by atoms with Gasteiger partial charge in [-0.1, -0.05) is 29.8 Å². The number of anilines is 2. The van der Waals surface area contributed by atoms with E-state index >= 15 is 0 Å². The van der Waals surface area contributed by atoms with E-state index in [1.54, 1.807) is 18.2 Å². The Bertz CT molecular complexity index is 1400. The predicted molar refractivity (Wildman–Crippen MR) is 129 cm³/mol. The molecule has 172 valence electrons. The number of carbonyl (C=O) groups is 2. The number of nitrogens with one attached hydrogen (secondary N) is 2. The summed E-state index contributed by atoms with van der Waals surface area (Å²) in [6.07, 6.45) is 2.72. The number of para-hydroxylation sites is 1. The summed E-state index contributed by atoms with van der Waals surface area (Å²) >= 11 is 6.07. The monoisotopic (exact) mass is 477 g/mol. The van der Waals surface area contributed by atoms with Gasteiger partial charge in [-0.3, -0.25) is 4.79 Å². The van der Waals surface area contributed by atoms with Gasteiger partial charge in [0.05, 0.1) is 29.8 Å².